The van der Waals surface area contributed by atoms with Gasteiger partial charge < -0.3 is 15.2 Å². The van der Waals surface area contributed by atoms with Gasteiger partial charge in [-0.05, 0) is 19.1 Å². The first-order valence-electron chi connectivity index (χ1n) is 7.35. The van der Waals surface area contributed by atoms with E-state index < -0.39 is 0 Å². The number of aromatic nitrogens is 5. The summed E-state index contributed by atoms with van der Waals surface area (Å²) in [6.45, 7) is 8.00. The largest absolute Gasteiger partial charge is 0.367 e. The average molecular weight is 303 g/mol. The number of carbonyl (C=O) groups is 1. The maximum absolute atomic E-state index is 11.6. The fourth-order valence-electron chi connectivity index (χ4n) is 1.99. The Balaban J connectivity index is 1.87. The number of carbonyl (C=O) groups excluding carboxylic acids is 1. The smallest absolute Gasteiger partial charge is 0.271 e. The van der Waals surface area contributed by atoms with Crippen LogP contribution in [0.2, 0.25) is 0 Å². The van der Waals surface area contributed by atoms with Gasteiger partial charge in [0.05, 0.1) is 0 Å². The fourth-order valence-corrected chi connectivity index (χ4v) is 1.99. The normalized spacial score (nSPS) is 10.7. The lowest BCUT2D eigenvalue weighted by Gasteiger charge is -2.10. The predicted octanol–water partition coefficient (Wildman–Crippen LogP) is 1.05. The molecule has 2 aromatic rings. The molecular formula is C14H21N7O. The zero-order chi connectivity index (χ0) is 15.9. The van der Waals surface area contributed by atoms with Crippen molar-refractivity contribution in [3.8, 4) is 0 Å². The van der Waals surface area contributed by atoms with Gasteiger partial charge >= 0.3 is 0 Å². The fraction of sp³-hybridized carbons (Fsp3) is 0.500. The second-order valence-electron chi connectivity index (χ2n) is 5.13. The Morgan fingerprint density at radius 3 is 2.73 bits per heavy atom. The van der Waals surface area contributed by atoms with Crippen LogP contribution in [0.4, 0.5) is 5.82 Å². The van der Waals surface area contributed by atoms with Gasteiger partial charge in [0.1, 0.15) is 18.0 Å². The zero-order valence-electron chi connectivity index (χ0n) is 13.1. The summed E-state index contributed by atoms with van der Waals surface area (Å²) < 4.78 is 2.01. The van der Waals surface area contributed by atoms with Gasteiger partial charge in [-0.2, -0.15) is 0 Å². The summed E-state index contributed by atoms with van der Waals surface area (Å²) in [7, 11) is 0. The third-order valence-electron chi connectivity index (χ3n) is 3.06. The van der Waals surface area contributed by atoms with Crippen LogP contribution in [0.25, 0.3) is 0 Å². The first kappa shape index (κ1) is 15.9. The van der Waals surface area contributed by atoms with Crippen molar-refractivity contribution in [1.82, 2.24) is 30.3 Å². The standard InChI is InChI=1S/C14H21N7O/c1-4-15-14(22)11-5-6-12(19-18-11)16-7-8-21-9-17-20-13(21)10(2)3/h5-6,9-10H,4,7-8H2,1-3H3,(H,15,22)(H,16,19). The first-order chi connectivity index (χ1) is 10.6. The Kier molecular flexibility index (Phi) is 5.40. The van der Waals surface area contributed by atoms with Crippen LogP contribution in [0.1, 0.15) is 43.0 Å². The summed E-state index contributed by atoms with van der Waals surface area (Å²) in [5, 5.41) is 21.8. The van der Waals surface area contributed by atoms with Gasteiger partial charge in [0, 0.05) is 25.6 Å². The van der Waals surface area contributed by atoms with Gasteiger partial charge in [0.2, 0.25) is 0 Å². The third kappa shape index (κ3) is 4.00. The molecule has 1 amide bonds. The summed E-state index contributed by atoms with van der Waals surface area (Å²) in [5.41, 5.74) is 0.313. The zero-order valence-corrected chi connectivity index (χ0v) is 13.1. The minimum absolute atomic E-state index is 0.215. The highest BCUT2D eigenvalue weighted by molar-refractivity contribution is 5.92. The Labute approximate surface area is 129 Å². The molecule has 0 bridgehead atoms. The number of anilines is 1. The quantitative estimate of drug-likeness (QED) is 0.793. The highest BCUT2D eigenvalue weighted by Crippen LogP contribution is 2.10. The van der Waals surface area contributed by atoms with Gasteiger partial charge in [-0.15, -0.1) is 20.4 Å². The van der Waals surface area contributed by atoms with Crippen molar-refractivity contribution in [2.24, 2.45) is 0 Å². The minimum Gasteiger partial charge on any atom is -0.367 e. The molecule has 0 radical (unpaired) electrons. The van der Waals surface area contributed by atoms with E-state index in [1.54, 1.807) is 18.5 Å². The molecule has 0 fully saturated rings. The van der Waals surface area contributed by atoms with Crippen molar-refractivity contribution >= 4 is 11.7 Å². The van der Waals surface area contributed by atoms with Gasteiger partial charge in [0.25, 0.3) is 5.91 Å². The van der Waals surface area contributed by atoms with Crippen LogP contribution in [-0.2, 0) is 6.54 Å². The van der Waals surface area contributed by atoms with Gasteiger partial charge in [-0.25, -0.2) is 0 Å². The Bertz CT molecular complexity index is 606. The third-order valence-corrected chi connectivity index (χ3v) is 3.06. The molecule has 2 rings (SSSR count). The molecule has 0 aliphatic carbocycles. The van der Waals surface area contributed by atoms with Crippen molar-refractivity contribution in [2.75, 3.05) is 18.4 Å². The van der Waals surface area contributed by atoms with E-state index in [0.717, 1.165) is 12.4 Å². The van der Waals surface area contributed by atoms with Crippen LogP contribution >= 0.6 is 0 Å². The average Bonchev–Trinajstić information content (AvgIpc) is 2.97. The van der Waals surface area contributed by atoms with Gasteiger partial charge in [-0.1, -0.05) is 13.8 Å². The summed E-state index contributed by atoms with van der Waals surface area (Å²) in [6, 6.07) is 3.39. The molecule has 2 N–H and O–H groups in total. The topological polar surface area (TPSA) is 97.6 Å². The molecule has 0 spiro atoms. The molecule has 0 atom stereocenters. The van der Waals surface area contributed by atoms with Crippen molar-refractivity contribution in [1.29, 1.82) is 0 Å². The van der Waals surface area contributed by atoms with E-state index in [4.69, 9.17) is 0 Å². The maximum atomic E-state index is 11.6. The maximum Gasteiger partial charge on any atom is 0.271 e. The Morgan fingerprint density at radius 2 is 2.09 bits per heavy atom. The number of rotatable bonds is 7. The SMILES string of the molecule is CCNC(=O)c1ccc(NCCn2cnnc2C(C)C)nn1. The lowest BCUT2D eigenvalue weighted by atomic mass is 10.2. The molecule has 0 saturated heterocycles. The van der Waals surface area contributed by atoms with Crippen LogP contribution in [0.15, 0.2) is 18.5 Å². The molecule has 2 aromatic heterocycles. The van der Waals surface area contributed by atoms with Crippen LogP contribution in [0.5, 0.6) is 0 Å². The second-order valence-corrected chi connectivity index (χ2v) is 5.13. The Morgan fingerprint density at radius 1 is 1.27 bits per heavy atom. The number of hydrogen-bond donors (Lipinski definition) is 2. The van der Waals surface area contributed by atoms with Crippen LogP contribution in [-0.4, -0.2) is 44.0 Å². The molecule has 0 saturated carbocycles. The number of nitrogens with one attached hydrogen (secondary N) is 2. The first-order valence-corrected chi connectivity index (χ1v) is 7.35. The molecule has 0 aliphatic heterocycles. The molecule has 8 heteroatoms. The van der Waals surface area contributed by atoms with E-state index in [9.17, 15) is 4.79 Å². The van der Waals surface area contributed by atoms with E-state index in [-0.39, 0.29) is 5.91 Å². The van der Waals surface area contributed by atoms with E-state index in [0.29, 0.717) is 30.5 Å². The number of amides is 1. The molecule has 0 aromatic carbocycles. The van der Waals surface area contributed by atoms with E-state index in [1.807, 2.05) is 11.5 Å². The summed E-state index contributed by atoms with van der Waals surface area (Å²) in [4.78, 5) is 11.6. The lowest BCUT2D eigenvalue weighted by molar-refractivity contribution is 0.0950. The number of hydrogen-bond acceptors (Lipinski definition) is 6. The molecule has 0 unspecified atom stereocenters. The summed E-state index contributed by atoms with van der Waals surface area (Å²) in [5.74, 6) is 1.71. The van der Waals surface area contributed by atoms with Crippen molar-refractivity contribution in [2.45, 2.75) is 33.2 Å². The highest BCUT2D eigenvalue weighted by atomic mass is 16.1. The predicted molar refractivity (Wildman–Crippen MR) is 82.6 cm³/mol. The lowest BCUT2D eigenvalue weighted by Crippen LogP contribution is -2.24. The van der Waals surface area contributed by atoms with Gasteiger partial charge in [0.15, 0.2) is 5.69 Å². The van der Waals surface area contributed by atoms with Crippen LogP contribution in [0.3, 0.4) is 0 Å². The molecular weight excluding hydrogens is 282 g/mol. The molecule has 118 valence electrons. The monoisotopic (exact) mass is 303 g/mol. The van der Waals surface area contributed by atoms with Crippen LogP contribution in [0, 0.1) is 0 Å². The van der Waals surface area contributed by atoms with Crippen LogP contribution < -0.4 is 10.6 Å². The molecule has 2 heterocycles. The molecule has 22 heavy (non-hydrogen) atoms. The molecule has 0 aliphatic rings. The van der Waals surface area contributed by atoms with Crippen molar-refractivity contribution in [3.63, 3.8) is 0 Å². The van der Waals surface area contributed by atoms with E-state index >= 15 is 0 Å². The summed E-state index contributed by atoms with van der Waals surface area (Å²) in [6.07, 6.45) is 1.72. The van der Waals surface area contributed by atoms with E-state index in [2.05, 4.69) is 44.9 Å². The number of nitrogens with zero attached hydrogens (tertiary/aromatic N) is 5. The van der Waals surface area contributed by atoms with E-state index in [1.165, 1.54) is 0 Å². The highest BCUT2D eigenvalue weighted by Gasteiger charge is 2.09. The Hall–Kier alpha value is -2.51. The minimum atomic E-state index is -0.215. The molecule has 8 nitrogen and oxygen atoms in total. The summed E-state index contributed by atoms with van der Waals surface area (Å²) >= 11 is 0. The van der Waals surface area contributed by atoms with Gasteiger partial charge in [-0.3, -0.25) is 4.79 Å². The second kappa shape index (κ2) is 7.48. The van der Waals surface area contributed by atoms with Crippen molar-refractivity contribution in [3.05, 3.63) is 30.0 Å². The van der Waals surface area contributed by atoms with Crippen molar-refractivity contribution < 1.29 is 4.79 Å².